The number of halogens is 3. The molecule has 0 atom stereocenters. The Labute approximate surface area is 166 Å². The third kappa shape index (κ3) is 1.95. The second kappa shape index (κ2) is 5.38. The van der Waals surface area contributed by atoms with Gasteiger partial charge in [-0.05, 0) is 87.8 Å². The molecular weight excluding hydrogens is 369 g/mol. The average molecular weight is 384 g/mol. The fraction of sp³-hybridized carbons (Fsp3) is 0.0769. The van der Waals surface area contributed by atoms with Crippen molar-refractivity contribution in [3.63, 3.8) is 0 Å². The summed E-state index contributed by atoms with van der Waals surface area (Å²) < 4.78 is 43.4. The number of hydrogen-bond acceptors (Lipinski definition) is 0. The quantitative estimate of drug-likeness (QED) is 0.272. The summed E-state index contributed by atoms with van der Waals surface area (Å²) in [6.45, 7) is 1.99. The molecule has 0 amide bonds. The molecule has 3 heteroatoms. The number of fused-ring (bicyclic) bond motifs is 10. The minimum absolute atomic E-state index is 0.365. The fourth-order valence-corrected chi connectivity index (χ4v) is 5.26. The molecule has 0 bridgehead atoms. The second-order valence-electron chi connectivity index (χ2n) is 7.87. The van der Waals surface area contributed by atoms with Crippen LogP contribution >= 0.6 is 0 Å². The zero-order valence-corrected chi connectivity index (χ0v) is 15.6. The molecule has 0 saturated carbocycles. The molecule has 1 spiro atoms. The summed E-state index contributed by atoms with van der Waals surface area (Å²) in [6, 6.07) is 20.2. The predicted octanol–water partition coefficient (Wildman–Crippen LogP) is 6.76. The fourth-order valence-electron chi connectivity index (χ4n) is 5.26. The van der Waals surface area contributed by atoms with Crippen molar-refractivity contribution in [1.29, 1.82) is 0 Å². The summed E-state index contributed by atoms with van der Waals surface area (Å²) in [5.74, 6) is -1.10. The third-order valence-corrected chi connectivity index (χ3v) is 6.32. The molecule has 0 unspecified atom stereocenters. The Balaban J connectivity index is 1.88. The Bertz CT molecular complexity index is 1140. The van der Waals surface area contributed by atoms with Gasteiger partial charge in [0.05, 0.1) is 5.41 Å². The normalized spacial score (nSPS) is 14.5. The molecular formula is C26H15F3. The van der Waals surface area contributed by atoms with Crippen molar-refractivity contribution < 1.29 is 13.2 Å². The summed E-state index contributed by atoms with van der Waals surface area (Å²) in [5.41, 5.74) is 6.81. The van der Waals surface area contributed by atoms with Gasteiger partial charge in [0.15, 0.2) is 0 Å². The van der Waals surface area contributed by atoms with E-state index in [0.717, 1.165) is 50.1 Å². The lowest BCUT2D eigenvalue weighted by atomic mass is 9.70. The minimum Gasteiger partial charge on any atom is -0.207 e. The van der Waals surface area contributed by atoms with E-state index in [1.54, 1.807) is 18.2 Å². The Hall–Kier alpha value is -3.33. The first-order valence-electron chi connectivity index (χ1n) is 9.52. The van der Waals surface area contributed by atoms with Crippen LogP contribution in [0.15, 0.2) is 72.8 Å². The lowest BCUT2D eigenvalue weighted by molar-refractivity contribution is 0.613. The first-order chi connectivity index (χ1) is 14.0. The Morgan fingerprint density at radius 3 is 1.24 bits per heavy atom. The highest BCUT2D eigenvalue weighted by atomic mass is 19.1. The zero-order chi connectivity index (χ0) is 19.9. The smallest absolute Gasteiger partial charge is 0.123 e. The average Bonchev–Trinajstić information content (AvgIpc) is 3.13. The van der Waals surface area contributed by atoms with E-state index in [0.29, 0.717) is 0 Å². The molecule has 0 saturated heterocycles. The maximum atomic E-state index is 14.5. The monoisotopic (exact) mass is 384 g/mol. The Morgan fingerprint density at radius 1 is 0.483 bits per heavy atom. The van der Waals surface area contributed by atoms with Crippen LogP contribution in [0.5, 0.6) is 0 Å². The molecule has 2 aliphatic rings. The highest BCUT2D eigenvalue weighted by Crippen LogP contribution is 2.63. The molecule has 0 N–H and O–H groups in total. The van der Waals surface area contributed by atoms with Crippen molar-refractivity contribution in [2.24, 2.45) is 0 Å². The number of benzene rings is 4. The van der Waals surface area contributed by atoms with Gasteiger partial charge >= 0.3 is 0 Å². The number of aryl methyl sites for hydroxylation is 1. The van der Waals surface area contributed by atoms with Crippen molar-refractivity contribution in [3.8, 4) is 22.3 Å². The van der Waals surface area contributed by atoms with E-state index in [-0.39, 0.29) is 17.5 Å². The molecule has 2 aliphatic carbocycles. The predicted molar refractivity (Wildman–Crippen MR) is 107 cm³/mol. The van der Waals surface area contributed by atoms with Gasteiger partial charge in [-0.1, -0.05) is 42.0 Å². The Morgan fingerprint density at radius 2 is 0.828 bits per heavy atom. The summed E-state index contributed by atoms with van der Waals surface area (Å²) in [6.07, 6.45) is 0. The van der Waals surface area contributed by atoms with Crippen LogP contribution in [-0.2, 0) is 5.41 Å². The molecule has 0 aliphatic heterocycles. The maximum absolute atomic E-state index is 14.5. The first-order valence-corrected chi connectivity index (χ1v) is 9.52. The van der Waals surface area contributed by atoms with Crippen LogP contribution in [0, 0.1) is 24.4 Å². The van der Waals surface area contributed by atoms with Gasteiger partial charge in [-0.25, -0.2) is 13.2 Å². The summed E-state index contributed by atoms with van der Waals surface area (Å²) in [5, 5.41) is 0. The van der Waals surface area contributed by atoms with Crippen LogP contribution in [0.25, 0.3) is 22.3 Å². The van der Waals surface area contributed by atoms with Gasteiger partial charge in [0.1, 0.15) is 17.5 Å². The van der Waals surface area contributed by atoms with Gasteiger partial charge in [0.25, 0.3) is 0 Å². The van der Waals surface area contributed by atoms with E-state index in [1.807, 2.05) is 19.1 Å². The SMILES string of the molecule is Cc1ccc2c(c1)C1(c3cc(F)ccc3-2)c2cc(F)ccc2-c2ccc(F)cc21. The summed E-state index contributed by atoms with van der Waals surface area (Å²) in [7, 11) is 0. The van der Waals surface area contributed by atoms with Gasteiger partial charge in [-0.3, -0.25) is 0 Å². The van der Waals surface area contributed by atoms with Gasteiger partial charge < -0.3 is 0 Å². The standard InChI is InChI=1S/C26H15F3/c1-14-2-6-18-19-7-3-15(27)11-23(19)26(22(18)10-14)24-12-16(28)4-8-20(24)21-9-5-17(29)13-25(21)26/h2-13H,1H3. The summed E-state index contributed by atoms with van der Waals surface area (Å²) >= 11 is 0. The maximum Gasteiger partial charge on any atom is 0.123 e. The molecule has 0 fully saturated rings. The highest BCUT2D eigenvalue weighted by Gasteiger charge is 2.52. The largest absolute Gasteiger partial charge is 0.207 e. The van der Waals surface area contributed by atoms with E-state index in [2.05, 4.69) is 6.07 Å². The Kier molecular flexibility index (Phi) is 3.08. The van der Waals surface area contributed by atoms with Crippen LogP contribution in [-0.4, -0.2) is 0 Å². The van der Waals surface area contributed by atoms with Crippen molar-refractivity contribution in [2.75, 3.05) is 0 Å². The highest BCUT2D eigenvalue weighted by molar-refractivity contribution is 5.95. The van der Waals surface area contributed by atoms with E-state index in [9.17, 15) is 13.2 Å². The first kappa shape index (κ1) is 16.6. The molecule has 4 aromatic carbocycles. The molecule has 140 valence electrons. The van der Waals surface area contributed by atoms with E-state index < -0.39 is 5.41 Å². The molecule has 6 rings (SSSR count). The van der Waals surface area contributed by atoms with Crippen LogP contribution in [0.1, 0.15) is 27.8 Å². The zero-order valence-electron chi connectivity index (χ0n) is 15.6. The third-order valence-electron chi connectivity index (χ3n) is 6.32. The van der Waals surface area contributed by atoms with Crippen LogP contribution in [0.2, 0.25) is 0 Å². The lowest BCUT2D eigenvalue weighted by Crippen LogP contribution is -2.26. The van der Waals surface area contributed by atoms with Gasteiger partial charge in [-0.15, -0.1) is 0 Å². The molecule has 0 aromatic heterocycles. The number of hydrogen-bond donors (Lipinski definition) is 0. The van der Waals surface area contributed by atoms with Gasteiger partial charge in [0, 0.05) is 0 Å². The topological polar surface area (TPSA) is 0 Å². The van der Waals surface area contributed by atoms with Crippen LogP contribution in [0.4, 0.5) is 13.2 Å². The van der Waals surface area contributed by atoms with E-state index >= 15 is 0 Å². The van der Waals surface area contributed by atoms with Gasteiger partial charge in [-0.2, -0.15) is 0 Å². The van der Waals surface area contributed by atoms with E-state index in [1.165, 1.54) is 36.4 Å². The molecule has 0 heterocycles. The summed E-state index contributed by atoms with van der Waals surface area (Å²) in [4.78, 5) is 0. The second-order valence-corrected chi connectivity index (χ2v) is 7.87. The van der Waals surface area contributed by atoms with Crippen molar-refractivity contribution in [2.45, 2.75) is 12.3 Å². The molecule has 0 radical (unpaired) electrons. The lowest BCUT2D eigenvalue weighted by Gasteiger charge is -2.30. The molecule has 0 nitrogen and oxygen atoms in total. The van der Waals surface area contributed by atoms with Crippen molar-refractivity contribution in [3.05, 3.63) is 118 Å². The van der Waals surface area contributed by atoms with Crippen LogP contribution < -0.4 is 0 Å². The molecule has 4 aromatic rings. The van der Waals surface area contributed by atoms with Crippen LogP contribution in [0.3, 0.4) is 0 Å². The van der Waals surface area contributed by atoms with Crippen molar-refractivity contribution in [1.82, 2.24) is 0 Å². The van der Waals surface area contributed by atoms with Crippen molar-refractivity contribution >= 4 is 0 Å². The minimum atomic E-state index is -0.937. The van der Waals surface area contributed by atoms with E-state index in [4.69, 9.17) is 0 Å². The number of rotatable bonds is 0. The molecule has 29 heavy (non-hydrogen) atoms. The van der Waals surface area contributed by atoms with Gasteiger partial charge in [0.2, 0.25) is 0 Å².